The molecule has 1 atom stereocenters. The van der Waals surface area contributed by atoms with Crippen LogP contribution in [0.2, 0.25) is 0 Å². The monoisotopic (exact) mass is 244 g/mol. The number of esters is 1. The number of benzene rings is 1. The normalized spacial score (nSPS) is 12.2. The molecule has 1 aromatic rings. The van der Waals surface area contributed by atoms with Crippen LogP contribution in [0.4, 0.5) is 0 Å². The lowest BCUT2D eigenvalue weighted by atomic mass is 10.1. The molecule has 0 fully saturated rings. The quantitative estimate of drug-likeness (QED) is 0.636. The topological polar surface area (TPSA) is 72.8 Å². The number of hydrogen-bond acceptors (Lipinski definition) is 4. The zero-order valence-corrected chi connectivity index (χ0v) is 9.74. The summed E-state index contributed by atoms with van der Waals surface area (Å²) >= 11 is -2.13. The fourth-order valence-corrected chi connectivity index (χ4v) is 1.73. The maximum atomic E-state index is 11.3. The van der Waals surface area contributed by atoms with Crippen molar-refractivity contribution in [3.63, 3.8) is 0 Å². The molecule has 0 aliphatic rings. The van der Waals surface area contributed by atoms with Crippen molar-refractivity contribution in [1.82, 2.24) is 0 Å². The number of ether oxygens (including phenoxy) is 2. The molecule has 0 saturated carbocycles. The maximum absolute atomic E-state index is 11.3. The first-order valence-corrected chi connectivity index (χ1v) is 5.51. The van der Waals surface area contributed by atoms with Crippen LogP contribution in [0.1, 0.15) is 15.9 Å². The molecule has 1 N–H and O–H groups in total. The van der Waals surface area contributed by atoms with Gasteiger partial charge in [-0.1, -0.05) is 0 Å². The van der Waals surface area contributed by atoms with Crippen molar-refractivity contribution < 1.29 is 23.0 Å². The van der Waals surface area contributed by atoms with Crippen molar-refractivity contribution >= 4 is 17.0 Å². The summed E-state index contributed by atoms with van der Waals surface area (Å²) in [7, 11) is 2.75. The molecular weight excluding hydrogens is 232 g/mol. The Bertz CT molecular complexity index is 416. The van der Waals surface area contributed by atoms with Gasteiger partial charge in [-0.2, -0.15) is 0 Å². The lowest BCUT2D eigenvalue weighted by Gasteiger charge is -2.05. The molecule has 0 bridgehead atoms. The highest BCUT2D eigenvalue weighted by Crippen LogP contribution is 2.14. The van der Waals surface area contributed by atoms with Gasteiger partial charge < -0.3 is 14.0 Å². The highest BCUT2D eigenvalue weighted by molar-refractivity contribution is 7.79. The van der Waals surface area contributed by atoms with Crippen molar-refractivity contribution in [3.05, 3.63) is 29.3 Å². The van der Waals surface area contributed by atoms with E-state index in [0.29, 0.717) is 5.56 Å². The predicted octanol–water partition coefficient (Wildman–Crippen LogP) is 1.20. The smallest absolute Gasteiger partial charge is 0.337 e. The minimum Gasteiger partial charge on any atom is -0.465 e. The molecule has 0 radical (unpaired) electrons. The van der Waals surface area contributed by atoms with E-state index < -0.39 is 17.0 Å². The average molecular weight is 244 g/mol. The number of hydrogen-bond donors (Lipinski definition) is 1. The van der Waals surface area contributed by atoms with Gasteiger partial charge in [0.05, 0.1) is 24.2 Å². The van der Waals surface area contributed by atoms with E-state index in [4.69, 9.17) is 9.29 Å². The zero-order chi connectivity index (χ0) is 12.1. The van der Waals surface area contributed by atoms with Crippen LogP contribution in [-0.2, 0) is 27.2 Å². The molecule has 1 aromatic carbocycles. The number of rotatable bonds is 4. The van der Waals surface area contributed by atoms with E-state index in [1.165, 1.54) is 26.4 Å². The maximum Gasteiger partial charge on any atom is 0.337 e. The Labute approximate surface area is 95.7 Å². The van der Waals surface area contributed by atoms with Crippen LogP contribution in [0, 0.1) is 0 Å². The van der Waals surface area contributed by atoms with E-state index in [0.717, 1.165) is 0 Å². The summed E-state index contributed by atoms with van der Waals surface area (Å²) in [6.07, 6.45) is 0. The lowest BCUT2D eigenvalue weighted by Crippen LogP contribution is -2.04. The van der Waals surface area contributed by atoms with E-state index in [1.54, 1.807) is 6.07 Å². The van der Waals surface area contributed by atoms with Gasteiger partial charge in [0.2, 0.25) is 0 Å². The summed E-state index contributed by atoms with van der Waals surface area (Å²) in [6, 6.07) is 4.39. The van der Waals surface area contributed by atoms with Gasteiger partial charge in [0.25, 0.3) is 0 Å². The average Bonchev–Trinajstić information content (AvgIpc) is 2.28. The van der Waals surface area contributed by atoms with E-state index in [-0.39, 0.29) is 17.1 Å². The second kappa shape index (κ2) is 5.74. The van der Waals surface area contributed by atoms with Crippen LogP contribution in [-0.4, -0.2) is 29.0 Å². The summed E-state index contributed by atoms with van der Waals surface area (Å²) in [5, 5.41) is 0. The third-order valence-electron chi connectivity index (χ3n) is 1.90. The number of methoxy groups -OCH3 is 2. The third-order valence-corrected chi connectivity index (χ3v) is 2.54. The summed E-state index contributed by atoms with van der Waals surface area (Å²) in [5.41, 5.74) is 0.872. The fraction of sp³-hybridized carbons (Fsp3) is 0.300. The van der Waals surface area contributed by atoms with E-state index in [2.05, 4.69) is 4.74 Å². The molecule has 1 unspecified atom stereocenters. The summed E-state index contributed by atoms with van der Waals surface area (Å²) in [6.45, 7) is 0.259. The van der Waals surface area contributed by atoms with Crippen molar-refractivity contribution in [1.29, 1.82) is 0 Å². The Kier molecular flexibility index (Phi) is 4.60. The predicted molar refractivity (Wildman–Crippen MR) is 57.5 cm³/mol. The Morgan fingerprint density at radius 1 is 1.38 bits per heavy atom. The minimum atomic E-state index is -2.13. The molecule has 0 heterocycles. The van der Waals surface area contributed by atoms with Gasteiger partial charge in [0.15, 0.2) is 11.1 Å². The van der Waals surface area contributed by atoms with Crippen LogP contribution in [0.15, 0.2) is 23.1 Å². The minimum absolute atomic E-state index is 0.148. The van der Waals surface area contributed by atoms with E-state index in [1.807, 2.05) is 0 Å². The molecular formula is C10H12O5S. The highest BCUT2D eigenvalue weighted by Gasteiger charge is 2.11. The van der Waals surface area contributed by atoms with Crippen molar-refractivity contribution in [2.75, 3.05) is 14.2 Å². The molecule has 0 saturated heterocycles. The van der Waals surface area contributed by atoms with Crippen molar-refractivity contribution in [2.45, 2.75) is 11.5 Å². The first-order chi connectivity index (χ1) is 7.58. The zero-order valence-electron chi connectivity index (χ0n) is 8.93. The molecule has 0 aliphatic heterocycles. The van der Waals surface area contributed by atoms with E-state index in [9.17, 15) is 9.00 Å². The molecule has 0 amide bonds. The second-order valence-corrected chi connectivity index (χ2v) is 4.01. The van der Waals surface area contributed by atoms with Crippen molar-refractivity contribution in [2.24, 2.45) is 0 Å². The van der Waals surface area contributed by atoms with Crippen LogP contribution in [0.25, 0.3) is 0 Å². The summed E-state index contributed by atoms with van der Waals surface area (Å²) in [5.74, 6) is -0.551. The Morgan fingerprint density at radius 2 is 2.06 bits per heavy atom. The lowest BCUT2D eigenvalue weighted by molar-refractivity contribution is 0.0600. The standard InChI is InChI=1S/C10H12O5S/c1-14-6-7-3-8(10(11)15-2)5-9(4-7)16(12)13/h3-5H,6H2,1-2H3,(H,12,13). The number of carbonyl (C=O) groups is 1. The van der Waals surface area contributed by atoms with Crippen LogP contribution >= 0.6 is 0 Å². The van der Waals surface area contributed by atoms with Gasteiger partial charge in [0, 0.05) is 7.11 Å². The largest absolute Gasteiger partial charge is 0.465 e. The molecule has 5 nitrogen and oxygen atoms in total. The molecule has 6 heteroatoms. The van der Waals surface area contributed by atoms with Crippen LogP contribution in [0.3, 0.4) is 0 Å². The molecule has 0 spiro atoms. The molecule has 1 rings (SSSR count). The first kappa shape index (κ1) is 12.8. The fourth-order valence-electron chi connectivity index (χ4n) is 1.25. The summed E-state index contributed by atoms with van der Waals surface area (Å²) < 4.78 is 29.4. The van der Waals surface area contributed by atoms with Crippen LogP contribution in [0.5, 0.6) is 0 Å². The van der Waals surface area contributed by atoms with Crippen LogP contribution < -0.4 is 0 Å². The van der Waals surface area contributed by atoms with Gasteiger partial charge in [-0.05, 0) is 23.8 Å². The third kappa shape index (κ3) is 3.13. The summed E-state index contributed by atoms with van der Waals surface area (Å²) in [4.78, 5) is 11.4. The Balaban J connectivity index is 3.18. The molecule has 16 heavy (non-hydrogen) atoms. The van der Waals surface area contributed by atoms with Gasteiger partial charge >= 0.3 is 5.97 Å². The van der Waals surface area contributed by atoms with Gasteiger partial charge in [0.1, 0.15) is 0 Å². The second-order valence-electron chi connectivity index (χ2n) is 3.04. The molecule has 88 valence electrons. The Hall–Kier alpha value is -1.24. The van der Waals surface area contributed by atoms with E-state index >= 15 is 0 Å². The van der Waals surface area contributed by atoms with Crippen molar-refractivity contribution in [3.8, 4) is 0 Å². The van der Waals surface area contributed by atoms with Gasteiger partial charge in [-0.25, -0.2) is 9.00 Å². The highest BCUT2D eigenvalue weighted by atomic mass is 32.2. The molecule has 0 aliphatic carbocycles. The Morgan fingerprint density at radius 3 is 2.56 bits per heavy atom. The van der Waals surface area contributed by atoms with Gasteiger partial charge in [-0.15, -0.1) is 0 Å². The molecule has 0 aromatic heterocycles. The number of carbonyl (C=O) groups excluding carboxylic acids is 1. The van der Waals surface area contributed by atoms with Gasteiger partial charge in [-0.3, -0.25) is 0 Å². The first-order valence-electron chi connectivity index (χ1n) is 4.40. The SMILES string of the molecule is COCc1cc(C(=O)OC)cc(S(=O)O)c1.